The van der Waals surface area contributed by atoms with E-state index in [4.69, 9.17) is 0 Å². The van der Waals surface area contributed by atoms with E-state index in [1.54, 1.807) is 24.3 Å². The van der Waals surface area contributed by atoms with Gasteiger partial charge in [0.2, 0.25) is 11.8 Å². The summed E-state index contributed by atoms with van der Waals surface area (Å²) in [5, 5.41) is 6.14. The summed E-state index contributed by atoms with van der Waals surface area (Å²) in [7, 11) is 0. The van der Waals surface area contributed by atoms with Crippen LogP contribution in [0.2, 0.25) is 0 Å². The van der Waals surface area contributed by atoms with E-state index in [1.165, 1.54) is 26.2 Å². The number of benzene rings is 1. The zero-order valence-corrected chi connectivity index (χ0v) is 16.1. The summed E-state index contributed by atoms with van der Waals surface area (Å²) in [5.41, 5.74) is 1.25. The molecule has 2 saturated carbocycles. The van der Waals surface area contributed by atoms with Gasteiger partial charge >= 0.3 is 0 Å². The Labute approximate surface area is 161 Å². The number of rotatable bonds is 5. The van der Waals surface area contributed by atoms with E-state index in [0.717, 1.165) is 38.5 Å². The molecular formula is C22H30N2O3. The Morgan fingerprint density at radius 1 is 0.852 bits per heavy atom. The molecule has 27 heavy (non-hydrogen) atoms. The minimum atomic E-state index is -0.0651. The fourth-order valence-corrected chi connectivity index (χ4v) is 4.24. The number of amides is 2. The molecule has 0 saturated heterocycles. The second-order valence-electron chi connectivity index (χ2n) is 8.02. The second kappa shape index (κ2) is 9.16. The molecule has 146 valence electrons. The van der Waals surface area contributed by atoms with Crippen molar-refractivity contribution in [2.75, 3.05) is 5.32 Å². The van der Waals surface area contributed by atoms with Crippen molar-refractivity contribution in [2.24, 2.45) is 11.8 Å². The highest BCUT2D eigenvalue weighted by Crippen LogP contribution is 2.30. The minimum absolute atomic E-state index is 0.0122. The Morgan fingerprint density at radius 2 is 1.48 bits per heavy atom. The van der Waals surface area contributed by atoms with Gasteiger partial charge in [0, 0.05) is 29.1 Å². The van der Waals surface area contributed by atoms with Crippen LogP contribution in [0, 0.1) is 11.8 Å². The van der Waals surface area contributed by atoms with Gasteiger partial charge in [-0.05, 0) is 57.6 Å². The fourth-order valence-electron chi connectivity index (χ4n) is 4.24. The summed E-state index contributed by atoms with van der Waals surface area (Å²) in [6, 6.07) is 7.38. The van der Waals surface area contributed by atoms with Crippen LogP contribution in [0.1, 0.15) is 75.1 Å². The highest BCUT2D eigenvalue weighted by atomic mass is 16.2. The molecule has 0 aliphatic heterocycles. The lowest BCUT2D eigenvalue weighted by Crippen LogP contribution is -2.41. The number of hydrogen-bond acceptors (Lipinski definition) is 3. The lowest BCUT2D eigenvalue weighted by Gasteiger charge is -2.29. The number of carbonyl (C=O) groups excluding carboxylic acids is 3. The topological polar surface area (TPSA) is 75.3 Å². The molecule has 1 aromatic rings. The molecule has 0 atom stereocenters. The van der Waals surface area contributed by atoms with Gasteiger partial charge < -0.3 is 10.6 Å². The van der Waals surface area contributed by atoms with Gasteiger partial charge in [-0.3, -0.25) is 14.4 Å². The van der Waals surface area contributed by atoms with Gasteiger partial charge in [-0.2, -0.15) is 0 Å². The molecule has 0 aromatic heterocycles. The van der Waals surface area contributed by atoms with Crippen LogP contribution < -0.4 is 10.6 Å². The van der Waals surface area contributed by atoms with E-state index in [-0.39, 0.29) is 29.4 Å². The van der Waals surface area contributed by atoms with Gasteiger partial charge in [0.05, 0.1) is 0 Å². The summed E-state index contributed by atoms with van der Waals surface area (Å²) >= 11 is 0. The van der Waals surface area contributed by atoms with Crippen LogP contribution in [0.25, 0.3) is 0 Å². The maximum atomic E-state index is 12.5. The van der Waals surface area contributed by atoms with Crippen LogP contribution in [-0.2, 0) is 9.59 Å². The Bertz CT molecular complexity index is 687. The van der Waals surface area contributed by atoms with Gasteiger partial charge in [0.1, 0.15) is 0 Å². The molecule has 5 nitrogen and oxygen atoms in total. The highest BCUT2D eigenvalue weighted by molar-refractivity contribution is 5.97. The Kier molecular flexibility index (Phi) is 6.64. The van der Waals surface area contributed by atoms with E-state index in [9.17, 15) is 14.4 Å². The first-order chi connectivity index (χ1) is 13.0. The molecule has 0 bridgehead atoms. The number of carbonyl (C=O) groups is 3. The smallest absolute Gasteiger partial charge is 0.227 e. The zero-order chi connectivity index (χ0) is 19.2. The van der Waals surface area contributed by atoms with Crippen molar-refractivity contribution in [3.05, 3.63) is 29.8 Å². The molecule has 0 radical (unpaired) electrons. The first-order valence-electron chi connectivity index (χ1n) is 10.2. The number of anilines is 1. The molecule has 1 aromatic carbocycles. The lowest BCUT2D eigenvalue weighted by atomic mass is 9.80. The average Bonchev–Trinajstić information content (AvgIpc) is 2.69. The third kappa shape index (κ3) is 5.41. The highest BCUT2D eigenvalue weighted by Gasteiger charge is 2.31. The zero-order valence-electron chi connectivity index (χ0n) is 16.1. The van der Waals surface area contributed by atoms with E-state index in [2.05, 4.69) is 10.6 Å². The van der Waals surface area contributed by atoms with Gasteiger partial charge in [0.15, 0.2) is 5.78 Å². The van der Waals surface area contributed by atoms with Crippen molar-refractivity contribution >= 4 is 23.3 Å². The molecule has 2 aliphatic carbocycles. The van der Waals surface area contributed by atoms with E-state index in [0.29, 0.717) is 17.3 Å². The van der Waals surface area contributed by atoms with Crippen molar-refractivity contribution < 1.29 is 14.4 Å². The van der Waals surface area contributed by atoms with Gasteiger partial charge in [0.25, 0.3) is 0 Å². The van der Waals surface area contributed by atoms with Crippen LogP contribution >= 0.6 is 0 Å². The molecule has 2 amide bonds. The van der Waals surface area contributed by atoms with Crippen LogP contribution in [0.15, 0.2) is 24.3 Å². The normalized spacial score (nSPS) is 23.4. The maximum Gasteiger partial charge on any atom is 0.227 e. The third-order valence-corrected chi connectivity index (χ3v) is 5.96. The van der Waals surface area contributed by atoms with Crippen molar-refractivity contribution in [1.29, 1.82) is 0 Å². The average molecular weight is 370 g/mol. The predicted octanol–water partition coefficient (Wildman–Crippen LogP) is 4.08. The first-order valence-corrected chi connectivity index (χ1v) is 10.2. The maximum absolute atomic E-state index is 12.5. The quantitative estimate of drug-likeness (QED) is 0.767. The third-order valence-electron chi connectivity index (χ3n) is 5.96. The number of Topliss-reactive ketones (excluding diaryl/α,β-unsaturated/α-hetero) is 1. The SMILES string of the molecule is CC(=O)c1cccc(NC(=O)C2CCC(C(=O)NC3CCCCC3)CC2)c1. The van der Waals surface area contributed by atoms with Gasteiger partial charge in [-0.25, -0.2) is 0 Å². The van der Waals surface area contributed by atoms with Gasteiger partial charge in [-0.15, -0.1) is 0 Å². The van der Waals surface area contributed by atoms with Crippen molar-refractivity contribution in [3.63, 3.8) is 0 Å². The monoisotopic (exact) mass is 370 g/mol. The lowest BCUT2D eigenvalue weighted by molar-refractivity contribution is -0.129. The molecule has 5 heteroatoms. The molecule has 2 fully saturated rings. The Hall–Kier alpha value is -2.17. The van der Waals surface area contributed by atoms with Crippen LogP contribution in [-0.4, -0.2) is 23.6 Å². The van der Waals surface area contributed by atoms with E-state index in [1.807, 2.05) is 0 Å². The van der Waals surface area contributed by atoms with Crippen molar-refractivity contribution in [3.8, 4) is 0 Å². The molecule has 0 spiro atoms. The van der Waals surface area contributed by atoms with Crippen molar-refractivity contribution in [1.82, 2.24) is 5.32 Å². The van der Waals surface area contributed by atoms with E-state index < -0.39 is 0 Å². The Morgan fingerprint density at radius 3 is 2.11 bits per heavy atom. The standard InChI is InChI=1S/C22H30N2O3/c1-15(25)18-6-5-9-20(14-18)24-22(27)17-12-10-16(11-13-17)21(26)23-19-7-3-2-4-8-19/h5-6,9,14,16-17,19H,2-4,7-8,10-13H2,1H3,(H,23,26)(H,24,27). The molecule has 0 unspecified atom stereocenters. The largest absolute Gasteiger partial charge is 0.353 e. The summed E-state index contributed by atoms with van der Waals surface area (Å²) in [6.07, 6.45) is 8.91. The van der Waals surface area contributed by atoms with Gasteiger partial charge in [-0.1, -0.05) is 31.4 Å². The number of hydrogen-bond donors (Lipinski definition) is 2. The minimum Gasteiger partial charge on any atom is -0.353 e. The summed E-state index contributed by atoms with van der Waals surface area (Å²) in [5.74, 6) is 0.120. The van der Waals surface area contributed by atoms with E-state index >= 15 is 0 Å². The number of nitrogens with one attached hydrogen (secondary N) is 2. The number of ketones is 1. The van der Waals surface area contributed by atoms with Crippen LogP contribution in [0.3, 0.4) is 0 Å². The molecule has 0 heterocycles. The first kappa shape index (κ1) is 19.6. The Balaban J connectivity index is 1.46. The second-order valence-corrected chi connectivity index (χ2v) is 8.02. The fraction of sp³-hybridized carbons (Fsp3) is 0.591. The van der Waals surface area contributed by atoms with Crippen LogP contribution in [0.4, 0.5) is 5.69 Å². The summed E-state index contributed by atoms with van der Waals surface area (Å²) in [4.78, 5) is 36.5. The predicted molar refractivity (Wildman–Crippen MR) is 106 cm³/mol. The summed E-state index contributed by atoms with van der Waals surface area (Å²) in [6.45, 7) is 1.51. The molecule has 2 N–H and O–H groups in total. The molecule has 3 rings (SSSR count). The molecule has 2 aliphatic rings. The van der Waals surface area contributed by atoms with Crippen molar-refractivity contribution in [2.45, 2.75) is 70.8 Å². The molecular weight excluding hydrogens is 340 g/mol. The van der Waals surface area contributed by atoms with Crippen LogP contribution in [0.5, 0.6) is 0 Å². The summed E-state index contributed by atoms with van der Waals surface area (Å²) < 4.78 is 0.